The molecular formula is C13H19N3O3. The Morgan fingerprint density at radius 1 is 1.47 bits per heavy atom. The third kappa shape index (κ3) is 2.96. The Bertz CT molecular complexity index is 492. The molecule has 1 saturated heterocycles. The predicted octanol–water partition coefficient (Wildman–Crippen LogP) is 2.18. The summed E-state index contributed by atoms with van der Waals surface area (Å²) in [7, 11) is 1.70. The summed E-state index contributed by atoms with van der Waals surface area (Å²) in [5.74, 6) is 0. The van der Waals surface area contributed by atoms with E-state index in [2.05, 4.69) is 11.8 Å². The van der Waals surface area contributed by atoms with Gasteiger partial charge in [-0.25, -0.2) is 0 Å². The van der Waals surface area contributed by atoms with Crippen LogP contribution in [0.1, 0.15) is 19.8 Å². The van der Waals surface area contributed by atoms with Crippen LogP contribution in [0.4, 0.5) is 17.1 Å². The molecule has 0 radical (unpaired) electrons. The van der Waals surface area contributed by atoms with E-state index >= 15 is 0 Å². The molecule has 1 aliphatic heterocycles. The normalized spacial score (nSPS) is 23.4. The smallest absolute Gasteiger partial charge is 0.273 e. The van der Waals surface area contributed by atoms with Gasteiger partial charge in [-0.3, -0.25) is 10.1 Å². The molecule has 1 aromatic rings. The van der Waals surface area contributed by atoms with Crippen LogP contribution in [0, 0.1) is 10.1 Å². The maximum absolute atomic E-state index is 10.9. The van der Waals surface area contributed by atoms with Gasteiger partial charge in [0.15, 0.2) is 0 Å². The van der Waals surface area contributed by atoms with Crippen molar-refractivity contribution in [2.45, 2.75) is 25.4 Å². The summed E-state index contributed by atoms with van der Waals surface area (Å²) in [5.41, 5.74) is 6.76. The number of nitro benzene ring substituents is 1. The number of rotatable bonds is 3. The quantitative estimate of drug-likeness (QED) is 0.514. The van der Waals surface area contributed by atoms with Gasteiger partial charge >= 0.3 is 0 Å². The van der Waals surface area contributed by atoms with Gasteiger partial charge in [-0.15, -0.1) is 0 Å². The number of hydrogen-bond acceptors (Lipinski definition) is 5. The van der Waals surface area contributed by atoms with E-state index in [0.29, 0.717) is 12.2 Å². The van der Waals surface area contributed by atoms with Gasteiger partial charge in [-0.05, 0) is 25.8 Å². The number of nitrogens with zero attached hydrogens (tertiary/aromatic N) is 2. The lowest BCUT2D eigenvalue weighted by Gasteiger charge is -2.40. The van der Waals surface area contributed by atoms with Gasteiger partial charge in [0.1, 0.15) is 0 Å². The molecule has 0 aliphatic carbocycles. The molecule has 2 N–H and O–H groups in total. The molecule has 1 atom stereocenters. The van der Waals surface area contributed by atoms with Crippen LogP contribution in [0.2, 0.25) is 0 Å². The first-order valence-corrected chi connectivity index (χ1v) is 6.29. The van der Waals surface area contributed by atoms with Crippen molar-refractivity contribution in [2.75, 3.05) is 30.8 Å². The van der Waals surface area contributed by atoms with Crippen LogP contribution >= 0.6 is 0 Å². The van der Waals surface area contributed by atoms with Gasteiger partial charge in [-0.2, -0.15) is 0 Å². The second-order valence-electron chi connectivity index (χ2n) is 5.22. The average molecular weight is 265 g/mol. The lowest BCUT2D eigenvalue weighted by molar-refractivity contribution is -0.384. The zero-order valence-corrected chi connectivity index (χ0v) is 11.3. The summed E-state index contributed by atoms with van der Waals surface area (Å²) in [6, 6.07) is 4.72. The number of ether oxygens (including phenoxy) is 1. The second-order valence-corrected chi connectivity index (χ2v) is 5.22. The van der Waals surface area contributed by atoms with Crippen LogP contribution in [0.3, 0.4) is 0 Å². The summed E-state index contributed by atoms with van der Waals surface area (Å²) in [5, 5.41) is 10.9. The molecule has 1 aliphatic rings. The van der Waals surface area contributed by atoms with E-state index in [4.69, 9.17) is 10.5 Å². The molecule has 6 heteroatoms. The summed E-state index contributed by atoms with van der Waals surface area (Å²) in [6.07, 6.45) is 1.98. The van der Waals surface area contributed by atoms with Crippen molar-refractivity contribution < 1.29 is 9.66 Å². The van der Waals surface area contributed by atoms with Crippen LogP contribution in [-0.4, -0.2) is 30.7 Å². The van der Waals surface area contributed by atoms with E-state index in [1.54, 1.807) is 19.2 Å². The number of nitro groups is 1. The number of non-ortho nitro benzene ring substituents is 1. The molecule has 0 amide bonds. The van der Waals surface area contributed by atoms with E-state index in [0.717, 1.165) is 25.1 Å². The van der Waals surface area contributed by atoms with Crippen molar-refractivity contribution in [2.24, 2.45) is 0 Å². The SMILES string of the molecule is COC1(C)CCCN(c2cc(N)cc([N+](=O)[O-])c2)C1. The van der Waals surface area contributed by atoms with Gasteiger partial charge < -0.3 is 15.4 Å². The topological polar surface area (TPSA) is 81.6 Å². The average Bonchev–Trinajstić information content (AvgIpc) is 2.38. The highest BCUT2D eigenvalue weighted by Gasteiger charge is 2.31. The first-order valence-electron chi connectivity index (χ1n) is 6.29. The van der Waals surface area contributed by atoms with Crippen molar-refractivity contribution in [3.8, 4) is 0 Å². The number of benzene rings is 1. The van der Waals surface area contributed by atoms with Crippen molar-refractivity contribution in [1.29, 1.82) is 0 Å². The van der Waals surface area contributed by atoms with Crippen molar-refractivity contribution in [3.63, 3.8) is 0 Å². The third-order valence-electron chi connectivity index (χ3n) is 3.65. The second kappa shape index (κ2) is 5.05. The zero-order chi connectivity index (χ0) is 14.0. The minimum Gasteiger partial charge on any atom is -0.398 e. The number of hydrogen-bond donors (Lipinski definition) is 1. The van der Waals surface area contributed by atoms with Crippen molar-refractivity contribution in [1.82, 2.24) is 0 Å². The molecule has 1 heterocycles. The summed E-state index contributed by atoms with van der Waals surface area (Å²) >= 11 is 0. The number of methoxy groups -OCH3 is 1. The molecule has 2 rings (SSSR count). The number of nitrogen functional groups attached to an aromatic ring is 1. The monoisotopic (exact) mass is 265 g/mol. The largest absolute Gasteiger partial charge is 0.398 e. The van der Waals surface area contributed by atoms with E-state index in [1.807, 2.05) is 0 Å². The predicted molar refractivity (Wildman–Crippen MR) is 74.4 cm³/mol. The lowest BCUT2D eigenvalue weighted by atomic mass is 9.94. The molecule has 0 bridgehead atoms. The lowest BCUT2D eigenvalue weighted by Crippen LogP contribution is -2.47. The molecule has 6 nitrogen and oxygen atoms in total. The van der Waals surface area contributed by atoms with Gasteiger partial charge in [0, 0.05) is 43.7 Å². The third-order valence-corrected chi connectivity index (χ3v) is 3.65. The van der Waals surface area contributed by atoms with Gasteiger partial charge in [0.25, 0.3) is 5.69 Å². The first kappa shape index (κ1) is 13.6. The van der Waals surface area contributed by atoms with Gasteiger partial charge in [0.05, 0.1) is 10.5 Å². The number of nitrogens with two attached hydrogens (primary N) is 1. The molecule has 1 aromatic carbocycles. The highest BCUT2D eigenvalue weighted by molar-refractivity contribution is 5.63. The van der Waals surface area contributed by atoms with E-state index in [1.165, 1.54) is 6.07 Å². The van der Waals surface area contributed by atoms with E-state index in [-0.39, 0.29) is 11.3 Å². The maximum atomic E-state index is 10.9. The Kier molecular flexibility index (Phi) is 3.61. The van der Waals surface area contributed by atoms with Crippen LogP contribution in [0.25, 0.3) is 0 Å². The molecule has 0 saturated carbocycles. The Morgan fingerprint density at radius 2 is 2.21 bits per heavy atom. The zero-order valence-electron chi connectivity index (χ0n) is 11.3. The summed E-state index contributed by atoms with van der Waals surface area (Å²) in [4.78, 5) is 12.6. The van der Waals surface area contributed by atoms with Gasteiger partial charge in [0.2, 0.25) is 0 Å². The highest BCUT2D eigenvalue weighted by Crippen LogP contribution is 2.31. The van der Waals surface area contributed by atoms with Crippen LogP contribution in [0.5, 0.6) is 0 Å². The van der Waals surface area contributed by atoms with E-state index in [9.17, 15) is 10.1 Å². The molecule has 1 fully saturated rings. The maximum Gasteiger partial charge on any atom is 0.273 e. The standard InChI is InChI=1S/C13H19N3O3/c1-13(19-2)4-3-5-15(9-13)11-6-10(14)7-12(8-11)16(17)18/h6-8H,3-5,9,14H2,1-2H3. The van der Waals surface area contributed by atoms with Crippen LogP contribution in [-0.2, 0) is 4.74 Å². The Morgan fingerprint density at radius 3 is 2.84 bits per heavy atom. The molecule has 1 unspecified atom stereocenters. The van der Waals surface area contributed by atoms with E-state index < -0.39 is 4.92 Å². The van der Waals surface area contributed by atoms with Crippen molar-refractivity contribution in [3.05, 3.63) is 28.3 Å². The van der Waals surface area contributed by atoms with Crippen LogP contribution < -0.4 is 10.6 Å². The summed E-state index contributed by atoms with van der Waals surface area (Å²) < 4.78 is 5.53. The Hall–Kier alpha value is -1.82. The first-order chi connectivity index (χ1) is 8.93. The number of piperidine rings is 1. The fourth-order valence-electron chi connectivity index (χ4n) is 2.50. The fourth-order valence-corrected chi connectivity index (χ4v) is 2.50. The van der Waals surface area contributed by atoms with Crippen molar-refractivity contribution >= 4 is 17.1 Å². The molecule has 0 aromatic heterocycles. The minimum atomic E-state index is -0.417. The minimum absolute atomic E-state index is 0.0275. The van der Waals surface area contributed by atoms with Gasteiger partial charge in [-0.1, -0.05) is 0 Å². The molecule has 104 valence electrons. The Labute approximate surface area is 112 Å². The molecule has 19 heavy (non-hydrogen) atoms. The Balaban J connectivity index is 2.28. The number of anilines is 2. The summed E-state index contributed by atoms with van der Waals surface area (Å²) in [6.45, 7) is 3.63. The fraction of sp³-hybridized carbons (Fsp3) is 0.538. The highest BCUT2D eigenvalue weighted by atomic mass is 16.6. The molecule has 0 spiro atoms. The molecular weight excluding hydrogens is 246 g/mol. The van der Waals surface area contributed by atoms with Crippen LogP contribution in [0.15, 0.2) is 18.2 Å².